The number of rotatable bonds is 7. The number of hydrogen-bond donors (Lipinski definition) is 4. The molecule has 0 saturated carbocycles. The summed E-state index contributed by atoms with van der Waals surface area (Å²) in [5, 5.41) is 16.1. The topological polar surface area (TPSA) is 108 Å². The van der Waals surface area contributed by atoms with Gasteiger partial charge < -0.3 is 21.1 Å². The van der Waals surface area contributed by atoms with Crippen LogP contribution in [0.2, 0.25) is 0 Å². The van der Waals surface area contributed by atoms with Gasteiger partial charge in [-0.3, -0.25) is 4.79 Å². The first kappa shape index (κ1) is 16.2. The third-order valence-electron chi connectivity index (χ3n) is 2.27. The van der Waals surface area contributed by atoms with Gasteiger partial charge in [0.05, 0.1) is 0 Å². The van der Waals surface area contributed by atoms with E-state index in [1.54, 1.807) is 6.92 Å². The van der Waals surface area contributed by atoms with Crippen LogP contribution in [0.4, 0.5) is 4.79 Å². The Balaban J connectivity index is 4.23. The lowest BCUT2D eigenvalue weighted by Crippen LogP contribution is -2.52. The van der Waals surface area contributed by atoms with E-state index in [-0.39, 0.29) is 5.91 Å². The Morgan fingerprint density at radius 2 is 1.78 bits per heavy atom. The van der Waals surface area contributed by atoms with Gasteiger partial charge in [0.2, 0.25) is 5.91 Å². The second-order valence-corrected chi connectivity index (χ2v) is 3.91. The number of amides is 3. The Morgan fingerprint density at radius 1 is 1.17 bits per heavy atom. The third kappa shape index (κ3) is 6.07. The second kappa shape index (κ2) is 8.32. The molecule has 1 unspecified atom stereocenters. The van der Waals surface area contributed by atoms with Crippen LogP contribution in [-0.4, -0.2) is 41.6 Å². The lowest BCUT2D eigenvalue weighted by molar-refractivity contribution is -0.139. The summed E-state index contributed by atoms with van der Waals surface area (Å²) in [5.74, 6) is -1.40. The number of carbonyl (C=O) groups excluding carboxylic acids is 2. The molecular weight excluding hydrogens is 238 g/mol. The summed E-state index contributed by atoms with van der Waals surface area (Å²) >= 11 is 0. The minimum absolute atomic E-state index is 0.310. The maximum atomic E-state index is 11.5. The van der Waals surface area contributed by atoms with Crippen LogP contribution in [0.3, 0.4) is 0 Å². The summed E-state index contributed by atoms with van der Waals surface area (Å²) < 4.78 is 0. The molecule has 7 heteroatoms. The Morgan fingerprint density at radius 3 is 2.22 bits per heavy atom. The zero-order valence-electron chi connectivity index (χ0n) is 10.9. The summed E-state index contributed by atoms with van der Waals surface area (Å²) in [6.07, 6.45) is 0.988. The van der Waals surface area contributed by atoms with E-state index in [1.807, 2.05) is 6.92 Å². The van der Waals surface area contributed by atoms with Crippen LogP contribution in [0.25, 0.3) is 0 Å². The van der Waals surface area contributed by atoms with Crippen LogP contribution in [0, 0.1) is 0 Å². The molecule has 0 spiro atoms. The molecule has 0 aromatic rings. The highest BCUT2D eigenvalue weighted by molar-refractivity contribution is 5.88. The van der Waals surface area contributed by atoms with Crippen molar-refractivity contribution in [1.82, 2.24) is 16.0 Å². The molecule has 0 aliphatic carbocycles. The molecule has 104 valence electrons. The molecule has 7 nitrogen and oxygen atoms in total. The Kier molecular flexibility index (Phi) is 7.50. The average molecular weight is 259 g/mol. The Bertz CT molecular complexity index is 307. The molecule has 0 heterocycles. The van der Waals surface area contributed by atoms with Gasteiger partial charge in [-0.15, -0.1) is 0 Å². The van der Waals surface area contributed by atoms with Crippen molar-refractivity contribution in [1.29, 1.82) is 0 Å². The first-order valence-corrected chi connectivity index (χ1v) is 5.99. The van der Waals surface area contributed by atoms with E-state index in [9.17, 15) is 14.4 Å². The maximum Gasteiger partial charge on any atom is 0.326 e. The number of urea groups is 1. The Hall–Kier alpha value is -1.79. The number of carboxylic acids is 1. The lowest BCUT2D eigenvalue weighted by atomic mass is 10.2. The normalized spacial score (nSPS) is 13.3. The van der Waals surface area contributed by atoms with Crippen LogP contribution in [-0.2, 0) is 9.59 Å². The summed E-state index contributed by atoms with van der Waals surface area (Å²) in [6, 6.07) is -2.30. The van der Waals surface area contributed by atoms with Gasteiger partial charge in [-0.25, -0.2) is 9.59 Å². The highest BCUT2D eigenvalue weighted by atomic mass is 16.4. The molecule has 18 heavy (non-hydrogen) atoms. The van der Waals surface area contributed by atoms with Crippen molar-refractivity contribution in [3.8, 4) is 0 Å². The standard InChI is InChI=1S/C11H21N3O4/c1-4-6-8(10(16)17)14-11(18)13-7(3)9(15)12-5-2/h7-8H,4-6H2,1-3H3,(H,12,15)(H,16,17)(H2,13,14,18)/t7?,8-/m1/s1. The van der Waals surface area contributed by atoms with E-state index < -0.39 is 24.1 Å². The van der Waals surface area contributed by atoms with E-state index in [0.717, 1.165) is 0 Å². The molecule has 0 aliphatic rings. The fourth-order valence-electron chi connectivity index (χ4n) is 1.34. The molecule has 0 bridgehead atoms. The largest absolute Gasteiger partial charge is 0.480 e. The van der Waals surface area contributed by atoms with Crippen LogP contribution >= 0.6 is 0 Å². The summed E-state index contributed by atoms with van der Waals surface area (Å²) in [6.45, 7) is 5.60. The zero-order chi connectivity index (χ0) is 14.1. The molecule has 0 aromatic carbocycles. The van der Waals surface area contributed by atoms with Gasteiger partial charge in [0.1, 0.15) is 12.1 Å². The molecule has 0 aromatic heterocycles. The number of carboxylic acid groups (broad SMARTS) is 1. The molecule has 4 N–H and O–H groups in total. The molecule has 0 aliphatic heterocycles. The molecule has 0 fully saturated rings. The number of likely N-dealkylation sites (N-methyl/N-ethyl adjacent to an activating group) is 1. The van der Waals surface area contributed by atoms with Crippen LogP contribution in [0.5, 0.6) is 0 Å². The van der Waals surface area contributed by atoms with E-state index >= 15 is 0 Å². The number of hydrogen-bond acceptors (Lipinski definition) is 3. The van der Waals surface area contributed by atoms with Crippen LogP contribution in [0.1, 0.15) is 33.6 Å². The Labute approximate surface area is 106 Å². The smallest absolute Gasteiger partial charge is 0.326 e. The summed E-state index contributed by atoms with van der Waals surface area (Å²) in [5.41, 5.74) is 0. The van der Waals surface area contributed by atoms with E-state index in [4.69, 9.17) is 5.11 Å². The molecule has 0 saturated heterocycles. The number of aliphatic carboxylic acids is 1. The van der Waals surface area contributed by atoms with Crippen molar-refractivity contribution in [2.45, 2.75) is 45.7 Å². The van der Waals surface area contributed by atoms with Gasteiger partial charge in [0.25, 0.3) is 0 Å². The number of carbonyl (C=O) groups is 3. The second-order valence-electron chi connectivity index (χ2n) is 3.91. The summed E-state index contributed by atoms with van der Waals surface area (Å²) in [4.78, 5) is 33.7. The highest BCUT2D eigenvalue weighted by Gasteiger charge is 2.21. The van der Waals surface area contributed by atoms with Gasteiger partial charge in [0.15, 0.2) is 0 Å². The molecule has 2 atom stereocenters. The van der Waals surface area contributed by atoms with Crippen molar-refractivity contribution in [2.75, 3.05) is 6.54 Å². The van der Waals surface area contributed by atoms with Crippen molar-refractivity contribution in [3.63, 3.8) is 0 Å². The zero-order valence-corrected chi connectivity index (χ0v) is 10.9. The minimum atomic E-state index is -1.09. The average Bonchev–Trinajstić information content (AvgIpc) is 2.28. The first-order chi connectivity index (χ1) is 8.42. The molecule has 0 rings (SSSR count). The van der Waals surface area contributed by atoms with Crippen molar-refractivity contribution < 1.29 is 19.5 Å². The van der Waals surface area contributed by atoms with Gasteiger partial charge in [0, 0.05) is 6.54 Å². The molecule has 3 amide bonds. The fourth-order valence-corrected chi connectivity index (χ4v) is 1.34. The van der Waals surface area contributed by atoms with Crippen molar-refractivity contribution >= 4 is 17.9 Å². The van der Waals surface area contributed by atoms with E-state index in [2.05, 4.69) is 16.0 Å². The number of nitrogens with one attached hydrogen (secondary N) is 3. The predicted molar refractivity (Wildman–Crippen MR) is 66.1 cm³/mol. The van der Waals surface area contributed by atoms with Crippen molar-refractivity contribution in [3.05, 3.63) is 0 Å². The van der Waals surface area contributed by atoms with E-state index in [0.29, 0.717) is 19.4 Å². The molecular formula is C11H21N3O4. The monoisotopic (exact) mass is 259 g/mol. The highest BCUT2D eigenvalue weighted by Crippen LogP contribution is 1.96. The summed E-state index contributed by atoms with van der Waals surface area (Å²) in [7, 11) is 0. The van der Waals surface area contributed by atoms with Gasteiger partial charge in [-0.1, -0.05) is 13.3 Å². The van der Waals surface area contributed by atoms with Crippen LogP contribution in [0.15, 0.2) is 0 Å². The van der Waals surface area contributed by atoms with Gasteiger partial charge in [-0.05, 0) is 20.3 Å². The SMILES string of the molecule is CCC[C@@H](NC(=O)NC(C)C(=O)NCC)C(=O)O. The quantitative estimate of drug-likeness (QED) is 0.518. The first-order valence-electron chi connectivity index (χ1n) is 5.99. The van der Waals surface area contributed by atoms with Crippen molar-refractivity contribution in [2.24, 2.45) is 0 Å². The maximum absolute atomic E-state index is 11.5. The van der Waals surface area contributed by atoms with E-state index in [1.165, 1.54) is 6.92 Å². The fraction of sp³-hybridized carbons (Fsp3) is 0.727. The van der Waals surface area contributed by atoms with Gasteiger partial charge in [-0.2, -0.15) is 0 Å². The van der Waals surface area contributed by atoms with Crippen LogP contribution < -0.4 is 16.0 Å². The molecule has 0 radical (unpaired) electrons. The lowest BCUT2D eigenvalue weighted by Gasteiger charge is -2.17. The minimum Gasteiger partial charge on any atom is -0.480 e. The third-order valence-corrected chi connectivity index (χ3v) is 2.27. The predicted octanol–water partition coefficient (Wildman–Crippen LogP) is 0.0635. The van der Waals surface area contributed by atoms with Gasteiger partial charge >= 0.3 is 12.0 Å².